The van der Waals surface area contributed by atoms with Gasteiger partial charge in [-0.3, -0.25) is 4.79 Å². The van der Waals surface area contributed by atoms with E-state index in [0.717, 1.165) is 12.1 Å². The molecule has 0 bridgehead atoms. The third-order valence-corrected chi connectivity index (χ3v) is 2.53. The summed E-state index contributed by atoms with van der Waals surface area (Å²) in [4.78, 5) is 22.8. The van der Waals surface area contributed by atoms with E-state index in [2.05, 4.69) is 5.32 Å². The van der Waals surface area contributed by atoms with Crippen molar-refractivity contribution >= 4 is 11.9 Å². The van der Waals surface area contributed by atoms with Crippen molar-refractivity contribution in [2.24, 2.45) is 5.92 Å². The number of hydrogen-bond acceptors (Lipinski definition) is 3. The second kappa shape index (κ2) is 6.17. The van der Waals surface area contributed by atoms with Crippen LogP contribution in [0.3, 0.4) is 0 Å². The van der Waals surface area contributed by atoms with Crippen LogP contribution in [-0.4, -0.2) is 28.1 Å². The van der Waals surface area contributed by atoms with Crippen LogP contribution >= 0.6 is 0 Å². The van der Waals surface area contributed by atoms with Gasteiger partial charge in [-0.15, -0.1) is 0 Å². The van der Waals surface area contributed by atoms with Crippen molar-refractivity contribution in [1.82, 2.24) is 5.32 Å². The van der Waals surface area contributed by atoms with Gasteiger partial charge in [-0.05, 0) is 24.5 Å². The predicted octanol–water partition coefficient (Wildman–Crippen LogP) is 1.76. The molecule has 3 N–H and O–H groups in total. The molecular weight excluding hydrogens is 253 g/mol. The highest BCUT2D eigenvalue weighted by Crippen LogP contribution is 2.20. The van der Waals surface area contributed by atoms with Gasteiger partial charge in [0.05, 0.1) is 0 Å². The van der Waals surface area contributed by atoms with Gasteiger partial charge in [0.25, 0.3) is 5.91 Å². The fraction of sp³-hybridized carbons (Fsp3) is 0.385. The van der Waals surface area contributed by atoms with Crippen LogP contribution in [0.15, 0.2) is 18.2 Å². The zero-order valence-electron chi connectivity index (χ0n) is 10.7. The Balaban J connectivity index is 2.91. The van der Waals surface area contributed by atoms with E-state index in [-0.39, 0.29) is 12.3 Å². The highest BCUT2D eigenvalue weighted by molar-refractivity contribution is 5.99. The number of nitrogens with one attached hydrogen (secondary N) is 1. The van der Waals surface area contributed by atoms with Crippen molar-refractivity contribution in [2.45, 2.75) is 26.3 Å². The normalized spacial score (nSPS) is 12.2. The van der Waals surface area contributed by atoms with Gasteiger partial charge in [-0.2, -0.15) is 0 Å². The van der Waals surface area contributed by atoms with Crippen molar-refractivity contribution in [3.63, 3.8) is 0 Å². The SMILES string of the molecule is CC(C)C[C@@H](NC(=O)c1c(O)cccc1F)C(=O)O. The van der Waals surface area contributed by atoms with Gasteiger partial charge >= 0.3 is 5.97 Å². The second-order valence-corrected chi connectivity index (χ2v) is 4.63. The summed E-state index contributed by atoms with van der Waals surface area (Å²) in [6, 6.07) is 2.32. The average Bonchev–Trinajstić information content (AvgIpc) is 2.27. The van der Waals surface area contributed by atoms with Crippen LogP contribution in [0.1, 0.15) is 30.6 Å². The van der Waals surface area contributed by atoms with Crippen molar-refractivity contribution in [3.8, 4) is 5.75 Å². The first kappa shape index (κ1) is 14.9. The molecule has 0 aliphatic carbocycles. The fourth-order valence-corrected chi connectivity index (χ4v) is 1.66. The molecule has 0 heterocycles. The Kier molecular flexibility index (Phi) is 4.86. The van der Waals surface area contributed by atoms with E-state index in [9.17, 15) is 19.1 Å². The lowest BCUT2D eigenvalue weighted by molar-refractivity contribution is -0.139. The minimum Gasteiger partial charge on any atom is -0.507 e. The topological polar surface area (TPSA) is 86.6 Å². The predicted molar refractivity (Wildman–Crippen MR) is 66.4 cm³/mol. The Bertz CT molecular complexity index is 467. The lowest BCUT2D eigenvalue weighted by atomic mass is 10.0. The maximum Gasteiger partial charge on any atom is 0.326 e. The molecule has 0 unspecified atom stereocenters. The maximum absolute atomic E-state index is 13.4. The Morgan fingerprint density at radius 1 is 1.37 bits per heavy atom. The van der Waals surface area contributed by atoms with Crippen molar-refractivity contribution in [3.05, 3.63) is 29.6 Å². The molecule has 1 aromatic carbocycles. The molecule has 0 saturated heterocycles. The van der Waals surface area contributed by atoms with E-state index in [1.165, 1.54) is 6.07 Å². The minimum absolute atomic E-state index is 0.0515. The molecule has 1 aromatic rings. The van der Waals surface area contributed by atoms with E-state index in [4.69, 9.17) is 5.11 Å². The van der Waals surface area contributed by atoms with Gasteiger partial charge in [0.1, 0.15) is 23.2 Å². The van der Waals surface area contributed by atoms with Crippen LogP contribution < -0.4 is 5.32 Å². The number of rotatable bonds is 5. The molecule has 0 aliphatic heterocycles. The van der Waals surface area contributed by atoms with Crippen LogP contribution in [0.5, 0.6) is 5.75 Å². The molecule has 0 fully saturated rings. The van der Waals surface area contributed by atoms with Gasteiger partial charge in [-0.25, -0.2) is 9.18 Å². The molecule has 0 saturated carbocycles. The van der Waals surface area contributed by atoms with Gasteiger partial charge in [-0.1, -0.05) is 19.9 Å². The molecule has 0 aliphatic rings. The van der Waals surface area contributed by atoms with E-state index in [0.29, 0.717) is 0 Å². The van der Waals surface area contributed by atoms with Crippen molar-refractivity contribution < 1.29 is 24.2 Å². The number of aromatic hydroxyl groups is 1. The van der Waals surface area contributed by atoms with Crippen molar-refractivity contribution in [2.75, 3.05) is 0 Å². The monoisotopic (exact) mass is 269 g/mol. The summed E-state index contributed by atoms with van der Waals surface area (Å²) in [5.74, 6) is -3.51. The first-order valence-corrected chi connectivity index (χ1v) is 5.84. The molecule has 104 valence electrons. The van der Waals surface area contributed by atoms with E-state index < -0.39 is 35.0 Å². The average molecular weight is 269 g/mol. The van der Waals surface area contributed by atoms with Gasteiger partial charge in [0.15, 0.2) is 0 Å². The second-order valence-electron chi connectivity index (χ2n) is 4.63. The quantitative estimate of drug-likeness (QED) is 0.760. The lowest BCUT2D eigenvalue weighted by Crippen LogP contribution is -2.41. The molecule has 5 nitrogen and oxygen atoms in total. The molecule has 0 aromatic heterocycles. The largest absolute Gasteiger partial charge is 0.507 e. The maximum atomic E-state index is 13.4. The van der Waals surface area contributed by atoms with E-state index in [1.54, 1.807) is 0 Å². The zero-order chi connectivity index (χ0) is 14.6. The number of hydrogen-bond donors (Lipinski definition) is 3. The summed E-state index contributed by atoms with van der Waals surface area (Å²) in [7, 11) is 0. The molecule has 1 atom stereocenters. The molecule has 1 amide bonds. The molecule has 19 heavy (non-hydrogen) atoms. The number of carboxylic acids is 1. The van der Waals surface area contributed by atoms with Crippen molar-refractivity contribution in [1.29, 1.82) is 0 Å². The first-order chi connectivity index (χ1) is 8.82. The Hall–Kier alpha value is -2.11. The lowest BCUT2D eigenvalue weighted by Gasteiger charge is -2.17. The third-order valence-electron chi connectivity index (χ3n) is 2.53. The number of carboxylic acid groups (broad SMARTS) is 1. The highest BCUT2D eigenvalue weighted by Gasteiger charge is 2.24. The molecule has 0 spiro atoms. The van der Waals surface area contributed by atoms with Gasteiger partial charge in [0.2, 0.25) is 0 Å². The summed E-state index contributed by atoms with van der Waals surface area (Å²) in [5, 5.41) is 20.6. The molecule has 1 rings (SSSR count). The Labute approximate surface area is 110 Å². The number of aliphatic carboxylic acids is 1. The third kappa shape index (κ3) is 3.94. The fourth-order valence-electron chi connectivity index (χ4n) is 1.66. The van der Waals surface area contributed by atoms with Crippen LogP contribution in [0.2, 0.25) is 0 Å². The highest BCUT2D eigenvalue weighted by atomic mass is 19.1. The summed E-state index contributed by atoms with van der Waals surface area (Å²) in [6.45, 7) is 3.62. The Morgan fingerprint density at radius 2 is 2.00 bits per heavy atom. The number of carbonyl (C=O) groups excluding carboxylic acids is 1. The summed E-state index contributed by atoms with van der Waals surface area (Å²) in [6.07, 6.45) is 0.219. The van der Waals surface area contributed by atoms with Crippen LogP contribution in [0, 0.1) is 11.7 Å². The number of phenolic OH excluding ortho intramolecular Hbond substituents is 1. The number of halogens is 1. The number of phenols is 1. The number of benzene rings is 1. The minimum atomic E-state index is -1.20. The smallest absolute Gasteiger partial charge is 0.326 e. The molecule has 6 heteroatoms. The summed E-state index contributed by atoms with van der Waals surface area (Å²) < 4.78 is 13.4. The standard InChI is InChI=1S/C13H16FNO4/c1-7(2)6-9(13(18)19)15-12(17)11-8(14)4-3-5-10(11)16/h3-5,7,9,16H,6H2,1-2H3,(H,15,17)(H,18,19)/t9-/m1/s1. The molecule has 0 radical (unpaired) electrons. The number of amides is 1. The van der Waals surface area contributed by atoms with Crippen LogP contribution in [0.25, 0.3) is 0 Å². The van der Waals surface area contributed by atoms with Gasteiger partial charge < -0.3 is 15.5 Å². The van der Waals surface area contributed by atoms with Gasteiger partial charge in [0, 0.05) is 0 Å². The number of carbonyl (C=O) groups is 2. The van der Waals surface area contributed by atoms with E-state index in [1.807, 2.05) is 13.8 Å². The first-order valence-electron chi connectivity index (χ1n) is 5.84. The summed E-state index contributed by atoms with van der Waals surface area (Å²) >= 11 is 0. The zero-order valence-corrected chi connectivity index (χ0v) is 10.7. The van der Waals surface area contributed by atoms with Crippen LogP contribution in [-0.2, 0) is 4.79 Å². The molecular formula is C13H16FNO4. The summed E-state index contributed by atoms with van der Waals surface area (Å²) in [5.41, 5.74) is -0.544. The Morgan fingerprint density at radius 3 is 2.47 bits per heavy atom. The van der Waals surface area contributed by atoms with Crippen LogP contribution in [0.4, 0.5) is 4.39 Å². The van der Waals surface area contributed by atoms with E-state index >= 15 is 0 Å².